The molecule has 0 aliphatic carbocycles. The molecule has 0 bridgehead atoms. The highest BCUT2D eigenvalue weighted by atomic mass is 127. The first-order chi connectivity index (χ1) is 10.7. The second kappa shape index (κ2) is 13.4. The number of benzene rings is 1. The van der Waals surface area contributed by atoms with Gasteiger partial charge in [0.25, 0.3) is 0 Å². The van der Waals surface area contributed by atoms with Crippen LogP contribution in [0.3, 0.4) is 0 Å². The lowest BCUT2D eigenvalue weighted by Gasteiger charge is -2.11. The minimum absolute atomic E-state index is 0. The van der Waals surface area contributed by atoms with Gasteiger partial charge in [0.2, 0.25) is 5.91 Å². The predicted molar refractivity (Wildman–Crippen MR) is 109 cm³/mol. The van der Waals surface area contributed by atoms with Crippen molar-refractivity contribution in [3.8, 4) is 0 Å². The van der Waals surface area contributed by atoms with Crippen LogP contribution in [0.15, 0.2) is 29.3 Å². The van der Waals surface area contributed by atoms with Crippen molar-refractivity contribution in [3.05, 3.63) is 29.3 Å². The first kappa shape index (κ1) is 22.0. The van der Waals surface area contributed by atoms with Gasteiger partial charge < -0.3 is 16.0 Å². The smallest absolute Gasteiger partial charge is 0.224 e. The molecule has 3 N–H and O–H groups in total. The van der Waals surface area contributed by atoms with Crippen LogP contribution in [0.4, 0.5) is 5.69 Å². The zero-order valence-electron chi connectivity index (χ0n) is 13.7. The Hall–Kier alpha value is -1.02. The summed E-state index contributed by atoms with van der Waals surface area (Å²) in [4.78, 5) is 15.9. The first-order valence-electron chi connectivity index (χ1n) is 7.65. The number of nitrogens with zero attached hydrogens (tertiary/aromatic N) is 1. The van der Waals surface area contributed by atoms with Crippen LogP contribution in [0.5, 0.6) is 0 Å². The zero-order chi connectivity index (χ0) is 16.2. The van der Waals surface area contributed by atoms with Crippen molar-refractivity contribution in [1.82, 2.24) is 10.6 Å². The van der Waals surface area contributed by atoms with Crippen LogP contribution >= 0.6 is 35.6 Å². The third-order valence-electron chi connectivity index (χ3n) is 3.05. The van der Waals surface area contributed by atoms with Gasteiger partial charge in [-0.3, -0.25) is 9.79 Å². The summed E-state index contributed by atoms with van der Waals surface area (Å²) >= 11 is 5.80. The molecule has 0 atom stereocenters. The maximum absolute atomic E-state index is 11.8. The Morgan fingerprint density at radius 1 is 1.13 bits per heavy atom. The predicted octanol–water partition coefficient (Wildman–Crippen LogP) is 3.64. The van der Waals surface area contributed by atoms with Crippen LogP contribution in [-0.2, 0) is 4.79 Å². The SMILES string of the molecule is CCCCNC(=NC)NCCCC(=O)Nc1ccc(Cl)cc1.I. The van der Waals surface area contributed by atoms with E-state index >= 15 is 0 Å². The molecule has 5 nitrogen and oxygen atoms in total. The van der Waals surface area contributed by atoms with E-state index < -0.39 is 0 Å². The van der Waals surface area contributed by atoms with Gasteiger partial charge in [0.05, 0.1) is 0 Å². The highest BCUT2D eigenvalue weighted by Gasteiger charge is 2.03. The molecule has 0 radical (unpaired) electrons. The standard InChI is InChI=1S/C16H25ClN4O.HI/c1-3-4-11-19-16(18-2)20-12-5-6-15(22)21-14-9-7-13(17)8-10-14;/h7-10H,3-6,11-12H2,1-2H3,(H,21,22)(H2,18,19,20);1H. The van der Waals surface area contributed by atoms with Crippen LogP contribution in [0, 0.1) is 0 Å². The number of anilines is 1. The van der Waals surface area contributed by atoms with Gasteiger partial charge >= 0.3 is 0 Å². The van der Waals surface area contributed by atoms with E-state index in [-0.39, 0.29) is 29.9 Å². The van der Waals surface area contributed by atoms with Crippen LogP contribution in [-0.4, -0.2) is 32.0 Å². The Labute approximate surface area is 160 Å². The van der Waals surface area contributed by atoms with Gasteiger partial charge in [0, 0.05) is 37.3 Å². The lowest BCUT2D eigenvalue weighted by Crippen LogP contribution is -2.38. The van der Waals surface area contributed by atoms with Gasteiger partial charge in [-0.15, -0.1) is 24.0 Å². The quantitative estimate of drug-likeness (QED) is 0.244. The van der Waals surface area contributed by atoms with E-state index in [1.54, 1.807) is 31.3 Å². The molecule has 1 amide bonds. The van der Waals surface area contributed by atoms with Crippen molar-refractivity contribution >= 4 is 53.1 Å². The summed E-state index contributed by atoms with van der Waals surface area (Å²) in [6.45, 7) is 3.77. The van der Waals surface area contributed by atoms with E-state index in [9.17, 15) is 4.79 Å². The second-order valence-electron chi connectivity index (χ2n) is 4.94. The summed E-state index contributed by atoms with van der Waals surface area (Å²) in [5.74, 6) is 0.782. The van der Waals surface area contributed by atoms with Gasteiger partial charge in [-0.2, -0.15) is 0 Å². The lowest BCUT2D eigenvalue weighted by atomic mass is 10.2. The Balaban J connectivity index is 0.00000484. The van der Waals surface area contributed by atoms with Gasteiger partial charge in [-0.05, 0) is 37.1 Å². The maximum atomic E-state index is 11.8. The average Bonchev–Trinajstić information content (AvgIpc) is 2.52. The number of guanidine groups is 1. The molecule has 1 aromatic rings. The summed E-state index contributed by atoms with van der Waals surface area (Å²) in [6, 6.07) is 7.09. The van der Waals surface area contributed by atoms with Crippen LogP contribution in [0.25, 0.3) is 0 Å². The summed E-state index contributed by atoms with van der Waals surface area (Å²) in [6.07, 6.45) is 3.47. The van der Waals surface area contributed by atoms with Gasteiger partial charge in [-0.25, -0.2) is 0 Å². The van der Waals surface area contributed by atoms with E-state index in [1.807, 2.05) is 0 Å². The number of carbonyl (C=O) groups excluding carboxylic acids is 1. The number of aliphatic imine (C=N–C) groups is 1. The minimum atomic E-state index is -0.00180. The van der Waals surface area contributed by atoms with Crippen LogP contribution < -0.4 is 16.0 Å². The summed E-state index contributed by atoms with van der Waals surface area (Å²) in [5.41, 5.74) is 0.763. The maximum Gasteiger partial charge on any atom is 0.224 e. The third-order valence-corrected chi connectivity index (χ3v) is 3.30. The van der Waals surface area contributed by atoms with Crippen molar-refractivity contribution in [2.24, 2.45) is 4.99 Å². The highest BCUT2D eigenvalue weighted by Crippen LogP contribution is 2.13. The fourth-order valence-electron chi connectivity index (χ4n) is 1.82. The normalized spacial score (nSPS) is 10.7. The molecular weight excluding hydrogens is 427 g/mol. The molecule has 0 aliphatic heterocycles. The van der Waals surface area contributed by atoms with E-state index in [4.69, 9.17) is 11.6 Å². The van der Waals surface area contributed by atoms with Crippen LogP contribution in [0.2, 0.25) is 5.02 Å². The topological polar surface area (TPSA) is 65.5 Å². The van der Waals surface area contributed by atoms with Crippen molar-refractivity contribution < 1.29 is 4.79 Å². The van der Waals surface area contributed by atoms with Crippen molar-refractivity contribution in [3.63, 3.8) is 0 Å². The van der Waals surface area contributed by atoms with Crippen LogP contribution in [0.1, 0.15) is 32.6 Å². The average molecular weight is 453 g/mol. The summed E-state index contributed by atoms with van der Waals surface area (Å²) in [7, 11) is 1.74. The largest absolute Gasteiger partial charge is 0.356 e. The van der Waals surface area contributed by atoms with Crippen molar-refractivity contribution in [2.45, 2.75) is 32.6 Å². The molecule has 0 saturated heterocycles. The van der Waals surface area contributed by atoms with E-state index in [2.05, 4.69) is 27.9 Å². The van der Waals surface area contributed by atoms with Gasteiger partial charge in [-0.1, -0.05) is 24.9 Å². The molecule has 130 valence electrons. The molecule has 7 heteroatoms. The number of halogens is 2. The number of carbonyl (C=O) groups is 1. The molecule has 1 rings (SSSR count). The molecule has 0 aromatic heterocycles. The molecular formula is C16H26ClIN4O. The Morgan fingerprint density at radius 2 is 1.74 bits per heavy atom. The molecule has 0 spiro atoms. The third kappa shape index (κ3) is 10.4. The fourth-order valence-corrected chi connectivity index (χ4v) is 1.94. The van der Waals surface area contributed by atoms with E-state index in [0.29, 0.717) is 18.0 Å². The molecule has 0 fully saturated rings. The first-order valence-corrected chi connectivity index (χ1v) is 8.03. The Kier molecular flexibility index (Phi) is 12.8. The highest BCUT2D eigenvalue weighted by molar-refractivity contribution is 14.0. The Morgan fingerprint density at radius 3 is 2.30 bits per heavy atom. The number of amides is 1. The van der Waals surface area contributed by atoms with Gasteiger partial charge in [0.15, 0.2) is 5.96 Å². The number of nitrogens with one attached hydrogen (secondary N) is 3. The number of unbranched alkanes of at least 4 members (excludes halogenated alkanes) is 1. The van der Waals surface area contributed by atoms with E-state index in [1.165, 1.54) is 0 Å². The lowest BCUT2D eigenvalue weighted by molar-refractivity contribution is -0.116. The second-order valence-corrected chi connectivity index (χ2v) is 5.37. The molecule has 23 heavy (non-hydrogen) atoms. The van der Waals surface area contributed by atoms with E-state index in [0.717, 1.165) is 37.5 Å². The molecule has 0 unspecified atom stereocenters. The van der Waals surface area contributed by atoms with Crippen molar-refractivity contribution in [2.75, 3.05) is 25.5 Å². The zero-order valence-corrected chi connectivity index (χ0v) is 16.8. The number of hydrogen-bond donors (Lipinski definition) is 3. The van der Waals surface area contributed by atoms with Gasteiger partial charge in [0.1, 0.15) is 0 Å². The summed E-state index contributed by atoms with van der Waals surface area (Å²) in [5, 5.41) is 9.92. The Bertz CT molecular complexity index is 479. The fraction of sp³-hybridized carbons (Fsp3) is 0.500. The van der Waals surface area contributed by atoms with Crippen molar-refractivity contribution in [1.29, 1.82) is 0 Å². The minimum Gasteiger partial charge on any atom is -0.356 e. The summed E-state index contributed by atoms with van der Waals surface area (Å²) < 4.78 is 0. The monoisotopic (exact) mass is 452 g/mol. The molecule has 0 aliphatic rings. The molecule has 1 aromatic carbocycles. The number of hydrogen-bond acceptors (Lipinski definition) is 2. The number of rotatable bonds is 8. The molecule has 0 heterocycles. The molecule has 0 saturated carbocycles.